The van der Waals surface area contributed by atoms with Crippen molar-refractivity contribution < 1.29 is 17.9 Å². The van der Waals surface area contributed by atoms with Crippen LogP contribution in [0.5, 0.6) is 5.75 Å². The van der Waals surface area contributed by atoms with E-state index in [-0.39, 0.29) is 23.1 Å². The summed E-state index contributed by atoms with van der Waals surface area (Å²) in [6, 6.07) is 10.5. The number of rotatable bonds is 8. The van der Waals surface area contributed by atoms with Crippen LogP contribution in [0.4, 0.5) is 0 Å². The van der Waals surface area contributed by atoms with Crippen LogP contribution in [0.3, 0.4) is 0 Å². The number of amides is 1. The molecule has 1 aromatic heterocycles. The standard InChI is InChI=1S/C15H18N2O4S2/c1-21-13-6-4-12(5-7-13)11-16-14(18)8-9-17-23(19,20)15-3-2-10-22-15/h2-7,10,17H,8-9,11H2,1H3,(H,16,18). The lowest BCUT2D eigenvalue weighted by Crippen LogP contribution is -2.30. The molecule has 0 atom stereocenters. The van der Waals surface area contributed by atoms with Crippen LogP contribution in [-0.4, -0.2) is 28.0 Å². The van der Waals surface area contributed by atoms with Crippen LogP contribution in [-0.2, 0) is 21.4 Å². The predicted molar refractivity (Wildman–Crippen MR) is 89.0 cm³/mol. The van der Waals surface area contributed by atoms with Crippen LogP contribution in [0.1, 0.15) is 12.0 Å². The molecule has 2 N–H and O–H groups in total. The highest BCUT2D eigenvalue weighted by atomic mass is 32.2. The van der Waals surface area contributed by atoms with E-state index in [1.165, 1.54) is 6.07 Å². The maximum atomic E-state index is 11.9. The first-order valence-electron chi connectivity index (χ1n) is 6.94. The second kappa shape index (κ2) is 8.09. The molecule has 2 aromatic rings. The smallest absolute Gasteiger partial charge is 0.250 e. The Morgan fingerprint density at radius 2 is 1.96 bits per heavy atom. The van der Waals surface area contributed by atoms with Crippen LogP contribution in [0.15, 0.2) is 46.0 Å². The lowest BCUT2D eigenvalue weighted by molar-refractivity contribution is -0.121. The molecule has 23 heavy (non-hydrogen) atoms. The summed E-state index contributed by atoms with van der Waals surface area (Å²) < 4.78 is 31.5. The fourth-order valence-corrected chi connectivity index (χ4v) is 3.89. The summed E-state index contributed by atoms with van der Waals surface area (Å²) >= 11 is 1.14. The largest absolute Gasteiger partial charge is 0.497 e. The first kappa shape index (κ1) is 17.5. The number of ether oxygens (including phenoxy) is 1. The molecule has 0 aliphatic rings. The van der Waals surface area contributed by atoms with Gasteiger partial charge < -0.3 is 10.1 Å². The summed E-state index contributed by atoms with van der Waals surface area (Å²) in [4.78, 5) is 11.7. The van der Waals surface area contributed by atoms with Crippen molar-refractivity contribution in [2.24, 2.45) is 0 Å². The Kier molecular flexibility index (Phi) is 6.14. The zero-order valence-electron chi connectivity index (χ0n) is 12.6. The van der Waals surface area contributed by atoms with E-state index < -0.39 is 10.0 Å². The van der Waals surface area contributed by atoms with Crippen LogP contribution in [0.2, 0.25) is 0 Å². The third-order valence-electron chi connectivity index (χ3n) is 3.05. The van der Waals surface area contributed by atoms with Crippen molar-refractivity contribution in [2.45, 2.75) is 17.2 Å². The first-order valence-corrected chi connectivity index (χ1v) is 9.30. The fourth-order valence-electron chi connectivity index (χ4n) is 1.82. The van der Waals surface area contributed by atoms with Crippen molar-refractivity contribution >= 4 is 27.3 Å². The molecule has 6 nitrogen and oxygen atoms in total. The van der Waals surface area contributed by atoms with Crippen molar-refractivity contribution in [3.05, 3.63) is 47.3 Å². The van der Waals surface area contributed by atoms with Gasteiger partial charge in [-0.15, -0.1) is 11.3 Å². The maximum absolute atomic E-state index is 11.9. The number of carbonyl (C=O) groups excluding carboxylic acids is 1. The van der Waals surface area contributed by atoms with E-state index in [0.29, 0.717) is 6.54 Å². The molecule has 0 saturated heterocycles. The lowest BCUT2D eigenvalue weighted by atomic mass is 10.2. The first-order chi connectivity index (χ1) is 11.0. The van der Waals surface area contributed by atoms with Gasteiger partial charge in [-0.1, -0.05) is 18.2 Å². The molecule has 0 radical (unpaired) electrons. The molecular formula is C15H18N2O4S2. The highest BCUT2D eigenvalue weighted by molar-refractivity contribution is 7.91. The van der Waals surface area contributed by atoms with Gasteiger partial charge in [0.2, 0.25) is 15.9 Å². The van der Waals surface area contributed by atoms with Gasteiger partial charge in [-0.2, -0.15) is 0 Å². The van der Waals surface area contributed by atoms with E-state index in [9.17, 15) is 13.2 Å². The number of benzene rings is 1. The molecule has 124 valence electrons. The monoisotopic (exact) mass is 354 g/mol. The quantitative estimate of drug-likeness (QED) is 0.756. The molecule has 0 aliphatic carbocycles. The van der Waals surface area contributed by atoms with Gasteiger partial charge in [0.15, 0.2) is 0 Å². The fraction of sp³-hybridized carbons (Fsp3) is 0.267. The zero-order chi connectivity index (χ0) is 16.7. The number of carbonyl (C=O) groups is 1. The van der Waals surface area contributed by atoms with Crippen LogP contribution >= 0.6 is 11.3 Å². The third-order valence-corrected chi connectivity index (χ3v) is 5.91. The van der Waals surface area contributed by atoms with E-state index in [1.54, 1.807) is 18.6 Å². The normalized spacial score (nSPS) is 11.2. The van der Waals surface area contributed by atoms with Crippen LogP contribution in [0, 0.1) is 0 Å². The molecule has 1 amide bonds. The Bertz CT molecular complexity index is 725. The van der Waals surface area contributed by atoms with Crippen molar-refractivity contribution in [3.63, 3.8) is 0 Å². The molecule has 0 bridgehead atoms. The van der Waals surface area contributed by atoms with Crippen molar-refractivity contribution in [1.82, 2.24) is 10.0 Å². The molecule has 0 spiro atoms. The minimum Gasteiger partial charge on any atom is -0.497 e. The van der Waals surface area contributed by atoms with Gasteiger partial charge in [-0.05, 0) is 29.1 Å². The van der Waals surface area contributed by atoms with E-state index in [2.05, 4.69) is 10.0 Å². The molecule has 0 unspecified atom stereocenters. The van der Waals surface area contributed by atoms with Crippen molar-refractivity contribution in [3.8, 4) is 5.75 Å². The Balaban J connectivity index is 1.73. The molecule has 8 heteroatoms. The molecule has 1 heterocycles. The second-order valence-corrected chi connectivity index (χ2v) is 7.65. The summed E-state index contributed by atoms with van der Waals surface area (Å²) in [6.45, 7) is 0.454. The molecule has 0 aliphatic heterocycles. The summed E-state index contributed by atoms with van der Waals surface area (Å²) in [7, 11) is -1.92. The number of sulfonamides is 1. The van der Waals surface area contributed by atoms with Gasteiger partial charge in [0.1, 0.15) is 9.96 Å². The minimum absolute atomic E-state index is 0.0642. The average Bonchev–Trinajstić information content (AvgIpc) is 3.08. The van der Waals surface area contributed by atoms with Crippen molar-refractivity contribution in [2.75, 3.05) is 13.7 Å². The summed E-state index contributed by atoms with van der Waals surface area (Å²) in [5.41, 5.74) is 0.943. The molecule has 1 aromatic carbocycles. The lowest BCUT2D eigenvalue weighted by Gasteiger charge is -2.07. The minimum atomic E-state index is -3.51. The highest BCUT2D eigenvalue weighted by Crippen LogP contribution is 2.15. The van der Waals surface area contributed by atoms with Gasteiger partial charge in [-0.25, -0.2) is 13.1 Å². The Labute approximate surface area is 139 Å². The SMILES string of the molecule is COc1ccc(CNC(=O)CCNS(=O)(=O)c2cccs2)cc1. The van der Waals surface area contributed by atoms with E-state index in [1.807, 2.05) is 24.3 Å². The molecular weight excluding hydrogens is 336 g/mol. The van der Waals surface area contributed by atoms with Gasteiger partial charge >= 0.3 is 0 Å². The highest BCUT2D eigenvalue weighted by Gasteiger charge is 2.14. The third kappa shape index (κ3) is 5.34. The van der Waals surface area contributed by atoms with E-state index >= 15 is 0 Å². The number of nitrogens with one attached hydrogen (secondary N) is 2. The number of hydrogen-bond donors (Lipinski definition) is 2. The second-order valence-electron chi connectivity index (χ2n) is 4.70. The maximum Gasteiger partial charge on any atom is 0.250 e. The van der Waals surface area contributed by atoms with Crippen LogP contribution < -0.4 is 14.8 Å². The molecule has 0 fully saturated rings. The van der Waals surface area contributed by atoms with Crippen LogP contribution in [0.25, 0.3) is 0 Å². The van der Waals surface area contributed by atoms with E-state index in [4.69, 9.17) is 4.74 Å². The Morgan fingerprint density at radius 1 is 1.22 bits per heavy atom. The average molecular weight is 354 g/mol. The number of hydrogen-bond acceptors (Lipinski definition) is 5. The van der Waals surface area contributed by atoms with Gasteiger partial charge in [-0.3, -0.25) is 4.79 Å². The summed E-state index contributed by atoms with van der Waals surface area (Å²) in [6.07, 6.45) is 0.0841. The number of methoxy groups -OCH3 is 1. The Hall–Kier alpha value is -1.90. The van der Waals surface area contributed by atoms with Gasteiger partial charge in [0.05, 0.1) is 7.11 Å². The van der Waals surface area contributed by atoms with E-state index in [0.717, 1.165) is 22.6 Å². The van der Waals surface area contributed by atoms with Gasteiger partial charge in [0.25, 0.3) is 0 Å². The summed E-state index contributed by atoms with van der Waals surface area (Å²) in [5, 5.41) is 4.44. The topological polar surface area (TPSA) is 84.5 Å². The predicted octanol–water partition coefficient (Wildman–Crippen LogP) is 1.74. The zero-order valence-corrected chi connectivity index (χ0v) is 14.2. The number of thiophene rings is 1. The molecule has 0 saturated carbocycles. The Morgan fingerprint density at radius 3 is 2.57 bits per heavy atom. The summed E-state index contributed by atoms with van der Waals surface area (Å²) in [5.74, 6) is 0.540. The van der Waals surface area contributed by atoms with Crippen molar-refractivity contribution in [1.29, 1.82) is 0 Å². The molecule has 2 rings (SSSR count). The van der Waals surface area contributed by atoms with Gasteiger partial charge in [0, 0.05) is 19.5 Å².